The van der Waals surface area contributed by atoms with E-state index in [1.807, 2.05) is 18.2 Å². The Hall–Kier alpha value is -2.42. The highest BCUT2D eigenvalue weighted by Crippen LogP contribution is 2.43. The second kappa shape index (κ2) is 12.4. The van der Waals surface area contributed by atoms with Crippen LogP contribution in [0, 0.1) is 16.7 Å². The monoisotopic (exact) mass is 551 g/mol. The number of pyridine rings is 1. The molecule has 1 aromatic carbocycles. The van der Waals surface area contributed by atoms with Gasteiger partial charge in [-0.3, -0.25) is 15.4 Å². The number of nitrogens with zero attached hydrogens (tertiary/aromatic N) is 2. The lowest BCUT2D eigenvalue weighted by Crippen LogP contribution is -2.50. The number of nitrogens with two attached hydrogens (primary N) is 1. The van der Waals surface area contributed by atoms with E-state index in [4.69, 9.17) is 25.7 Å². The van der Waals surface area contributed by atoms with Gasteiger partial charge in [-0.1, -0.05) is 65.8 Å². The maximum absolute atomic E-state index is 9.04. The highest BCUT2D eigenvalue weighted by molar-refractivity contribution is 6.77. The molecule has 1 saturated heterocycles. The summed E-state index contributed by atoms with van der Waals surface area (Å²) in [5, 5.41) is 17.6. The maximum atomic E-state index is 9.04. The van der Waals surface area contributed by atoms with Crippen LogP contribution >= 0.6 is 0 Å². The van der Waals surface area contributed by atoms with Gasteiger partial charge in [0.2, 0.25) is 5.96 Å². The zero-order chi connectivity index (χ0) is 28.3. The van der Waals surface area contributed by atoms with Crippen molar-refractivity contribution < 1.29 is 9.16 Å². The lowest BCUT2D eigenvalue weighted by Gasteiger charge is -2.44. The molecule has 214 valence electrons. The van der Waals surface area contributed by atoms with Crippen LogP contribution < -0.4 is 16.0 Å². The van der Waals surface area contributed by atoms with Crippen molar-refractivity contribution >= 4 is 14.3 Å². The lowest BCUT2D eigenvalue weighted by molar-refractivity contribution is 0.157. The van der Waals surface area contributed by atoms with E-state index in [1.54, 1.807) is 16.8 Å². The molecule has 4 N–H and O–H groups in total. The molecule has 4 rings (SSSR count). The van der Waals surface area contributed by atoms with Crippen LogP contribution in [0.15, 0.2) is 42.6 Å². The summed E-state index contributed by atoms with van der Waals surface area (Å²) >= 11 is 0. The molecular weight excluding hydrogens is 502 g/mol. The third kappa shape index (κ3) is 6.18. The van der Waals surface area contributed by atoms with Gasteiger partial charge in [-0.25, -0.2) is 0 Å². The van der Waals surface area contributed by atoms with Gasteiger partial charge in [-0.15, -0.1) is 0 Å². The molecule has 3 atom stereocenters. The summed E-state index contributed by atoms with van der Waals surface area (Å²) in [4.78, 5) is 2.11. The van der Waals surface area contributed by atoms with Gasteiger partial charge >= 0.3 is 0 Å². The number of hydrogen-bond donors (Lipinski definition) is 3. The molecule has 2 aromatic rings. The minimum Gasteiger partial charge on any atom is -0.484 e. The first-order valence-corrected chi connectivity index (χ1v) is 16.9. The molecule has 2 aliphatic rings. The number of aromatic nitrogens is 1. The second-order valence-electron chi connectivity index (χ2n) is 12.4. The first-order chi connectivity index (χ1) is 18.5. The Morgan fingerprint density at radius 1 is 0.974 bits per heavy atom. The minimum absolute atomic E-state index is 0.0419. The zero-order valence-corrected chi connectivity index (χ0v) is 25.7. The Kier molecular flexibility index (Phi) is 9.39. The first-order valence-electron chi connectivity index (χ1n) is 14.8. The third-order valence-electron chi connectivity index (χ3n) is 9.00. The van der Waals surface area contributed by atoms with E-state index < -0.39 is 8.32 Å². The molecule has 8 heteroatoms. The van der Waals surface area contributed by atoms with Crippen LogP contribution in [0.2, 0.25) is 16.6 Å². The summed E-state index contributed by atoms with van der Waals surface area (Å²) in [6, 6.07) is 11.8. The van der Waals surface area contributed by atoms with Crippen LogP contribution in [0.3, 0.4) is 0 Å². The molecule has 0 saturated carbocycles. The highest BCUT2D eigenvalue weighted by Gasteiger charge is 2.45. The Morgan fingerprint density at radius 3 is 2.31 bits per heavy atom. The van der Waals surface area contributed by atoms with Crippen molar-refractivity contribution in [2.24, 2.45) is 11.7 Å². The molecule has 39 heavy (non-hydrogen) atoms. The molecule has 1 aromatic heterocycles. The van der Waals surface area contributed by atoms with Crippen LogP contribution in [0.4, 0.5) is 0 Å². The fraction of sp³-hybridized carbons (Fsp3) is 0.613. The highest BCUT2D eigenvalue weighted by atomic mass is 28.4. The number of ether oxygens (including phenoxy) is 1. The van der Waals surface area contributed by atoms with Gasteiger partial charge in [-0.05, 0) is 71.5 Å². The molecule has 7 nitrogen and oxygen atoms in total. The average molecular weight is 552 g/mol. The van der Waals surface area contributed by atoms with Crippen molar-refractivity contribution in [1.29, 1.82) is 10.8 Å². The van der Waals surface area contributed by atoms with Gasteiger partial charge < -0.3 is 19.8 Å². The molecule has 0 unspecified atom stereocenters. The standard InChI is InChI=1S/C31H49N5O2Si/c1-21(2)39(22(3)4,23(5)6)37-20-24-10-9-17-35(18-24)31(34)36-19-25(13-16-30(36)33)38-29-15-14-28(32)26-11-7-8-12-27(26)29/h7-8,11-13,16,19,21-24,28-29,33-34H,9-10,14-15,17-18,20,32H2,1-6H3/t24-,28+,29-/m1/s1. The molecule has 1 fully saturated rings. The van der Waals surface area contributed by atoms with Crippen LogP contribution in [0.25, 0.3) is 0 Å². The zero-order valence-electron chi connectivity index (χ0n) is 24.7. The van der Waals surface area contributed by atoms with Gasteiger partial charge in [0.15, 0.2) is 8.32 Å². The van der Waals surface area contributed by atoms with Crippen molar-refractivity contribution in [3.63, 3.8) is 0 Å². The van der Waals surface area contributed by atoms with E-state index in [-0.39, 0.29) is 17.6 Å². The lowest BCUT2D eigenvalue weighted by atomic mass is 9.86. The number of benzene rings is 1. The Bertz CT molecular complexity index is 1170. The maximum Gasteiger partial charge on any atom is 0.203 e. The summed E-state index contributed by atoms with van der Waals surface area (Å²) < 4.78 is 15.0. The van der Waals surface area contributed by atoms with Crippen molar-refractivity contribution in [2.45, 2.75) is 96.0 Å². The number of nitrogens with one attached hydrogen (secondary N) is 2. The van der Waals surface area contributed by atoms with Gasteiger partial charge in [-0.2, -0.15) is 0 Å². The molecule has 0 radical (unpaired) electrons. The SMILES string of the molecule is CC(C)[Si](OC[C@@H]1CCCN(C(=N)n2cc(O[C@@H]3CC[C@H](N)c4ccccc43)ccc2=N)C1)(C(C)C)C(C)C. The van der Waals surface area contributed by atoms with E-state index in [0.717, 1.165) is 56.5 Å². The molecule has 0 amide bonds. The summed E-state index contributed by atoms with van der Waals surface area (Å²) in [7, 11) is -1.92. The second-order valence-corrected chi connectivity index (χ2v) is 17.9. The van der Waals surface area contributed by atoms with Crippen LogP contribution in [-0.2, 0) is 4.43 Å². The number of piperidine rings is 1. The topological polar surface area (TPSA) is 100 Å². The van der Waals surface area contributed by atoms with Gasteiger partial charge in [0.05, 0.1) is 6.20 Å². The van der Waals surface area contributed by atoms with Crippen molar-refractivity contribution in [1.82, 2.24) is 9.47 Å². The molecule has 0 spiro atoms. The van der Waals surface area contributed by atoms with Crippen LogP contribution in [0.1, 0.15) is 90.5 Å². The predicted octanol–water partition coefficient (Wildman–Crippen LogP) is 6.57. The first kappa shape index (κ1) is 29.6. The van der Waals surface area contributed by atoms with E-state index >= 15 is 0 Å². The van der Waals surface area contributed by atoms with Crippen molar-refractivity contribution in [3.8, 4) is 5.75 Å². The van der Waals surface area contributed by atoms with E-state index in [9.17, 15) is 0 Å². The van der Waals surface area contributed by atoms with Gasteiger partial charge in [0, 0.05) is 25.7 Å². The van der Waals surface area contributed by atoms with Crippen molar-refractivity contribution in [2.75, 3.05) is 19.7 Å². The Labute approximate surface area is 235 Å². The van der Waals surface area contributed by atoms with Crippen LogP contribution in [-0.4, -0.2) is 43.4 Å². The summed E-state index contributed by atoms with van der Waals surface area (Å²) in [5.41, 5.74) is 10.6. The van der Waals surface area contributed by atoms with E-state index in [0.29, 0.717) is 34.3 Å². The quantitative estimate of drug-likeness (QED) is 0.196. The number of fused-ring (bicyclic) bond motifs is 1. The fourth-order valence-corrected chi connectivity index (χ4v) is 12.6. The van der Waals surface area contributed by atoms with E-state index in [2.05, 4.69) is 58.6 Å². The minimum atomic E-state index is -1.92. The number of hydrogen-bond acceptors (Lipinski definition) is 5. The van der Waals surface area contributed by atoms with Crippen molar-refractivity contribution in [3.05, 3.63) is 59.2 Å². The number of likely N-dealkylation sites (tertiary alicyclic amines) is 1. The fourth-order valence-electron chi connectivity index (χ4n) is 7.10. The Balaban J connectivity index is 1.46. The van der Waals surface area contributed by atoms with E-state index in [1.165, 1.54) is 0 Å². The molecular formula is C31H49N5O2Si. The normalized spacial score (nSPS) is 21.9. The summed E-state index contributed by atoms with van der Waals surface area (Å²) in [6.45, 7) is 16.3. The van der Waals surface area contributed by atoms with Gasteiger partial charge in [0.25, 0.3) is 0 Å². The Morgan fingerprint density at radius 2 is 1.64 bits per heavy atom. The largest absolute Gasteiger partial charge is 0.484 e. The summed E-state index contributed by atoms with van der Waals surface area (Å²) in [6.07, 6.45) is 5.59. The third-order valence-corrected chi connectivity index (χ3v) is 15.1. The number of rotatable bonds is 8. The molecule has 1 aliphatic carbocycles. The smallest absolute Gasteiger partial charge is 0.203 e. The van der Waals surface area contributed by atoms with Gasteiger partial charge in [0.1, 0.15) is 17.3 Å². The van der Waals surface area contributed by atoms with Crippen LogP contribution in [0.5, 0.6) is 5.75 Å². The molecule has 1 aliphatic heterocycles. The molecule has 0 bridgehead atoms. The molecule has 2 heterocycles. The average Bonchev–Trinajstić information content (AvgIpc) is 2.91. The predicted molar refractivity (Wildman–Crippen MR) is 161 cm³/mol. The summed E-state index contributed by atoms with van der Waals surface area (Å²) in [5.74, 6) is 1.39.